The molecule has 96 valence electrons. The lowest BCUT2D eigenvalue weighted by Gasteiger charge is -2.16. The summed E-state index contributed by atoms with van der Waals surface area (Å²) in [5, 5.41) is 22.7. The van der Waals surface area contributed by atoms with Crippen molar-refractivity contribution in [1.29, 1.82) is 0 Å². The van der Waals surface area contributed by atoms with E-state index in [1.54, 1.807) is 0 Å². The van der Waals surface area contributed by atoms with Gasteiger partial charge < -0.3 is 20.8 Å². The van der Waals surface area contributed by atoms with E-state index in [2.05, 4.69) is 10.6 Å². The monoisotopic (exact) mass is 244 g/mol. The third kappa shape index (κ3) is 4.39. The molecular formula is C10H16N2O5. The van der Waals surface area contributed by atoms with Crippen LogP contribution in [-0.4, -0.2) is 47.2 Å². The van der Waals surface area contributed by atoms with Gasteiger partial charge in [0.15, 0.2) is 0 Å². The largest absolute Gasteiger partial charge is 0.481 e. The van der Waals surface area contributed by atoms with Crippen molar-refractivity contribution in [1.82, 2.24) is 10.6 Å². The Kier molecular flexibility index (Phi) is 4.89. The average molecular weight is 244 g/mol. The van der Waals surface area contributed by atoms with Gasteiger partial charge in [0.2, 0.25) is 5.91 Å². The minimum absolute atomic E-state index is 0.101. The van der Waals surface area contributed by atoms with Gasteiger partial charge in [-0.15, -0.1) is 0 Å². The van der Waals surface area contributed by atoms with E-state index in [1.165, 1.54) is 0 Å². The number of rotatable bonds is 6. The number of amides is 1. The molecule has 17 heavy (non-hydrogen) atoms. The normalized spacial score (nSPS) is 20.8. The van der Waals surface area contributed by atoms with Gasteiger partial charge in [0.1, 0.15) is 6.04 Å². The van der Waals surface area contributed by atoms with Gasteiger partial charge in [-0.3, -0.25) is 9.59 Å². The van der Waals surface area contributed by atoms with E-state index in [0.29, 0.717) is 13.0 Å². The maximum absolute atomic E-state index is 11.6. The van der Waals surface area contributed by atoms with Gasteiger partial charge in [-0.2, -0.15) is 0 Å². The summed E-state index contributed by atoms with van der Waals surface area (Å²) < 4.78 is 0. The second-order valence-corrected chi connectivity index (χ2v) is 4.02. The lowest BCUT2D eigenvalue weighted by Crippen LogP contribution is -2.44. The Morgan fingerprint density at radius 2 is 2.06 bits per heavy atom. The highest BCUT2D eigenvalue weighted by Gasteiger charge is 2.27. The topological polar surface area (TPSA) is 116 Å². The third-order valence-corrected chi connectivity index (χ3v) is 2.69. The minimum atomic E-state index is -1.20. The Hall–Kier alpha value is -1.63. The molecule has 0 bridgehead atoms. The Bertz CT molecular complexity index is 312. The molecule has 7 heteroatoms. The lowest BCUT2D eigenvalue weighted by atomic mass is 10.1. The van der Waals surface area contributed by atoms with Crippen LogP contribution in [0.3, 0.4) is 0 Å². The molecule has 1 amide bonds. The first kappa shape index (κ1) is 13.4. The van der Waals surface area contributed by atoms with E-state index in [0.717, 1.165) is 6.54 Å². The Morgan fingerprint density at radius 1 is 1.35 bits per heavy atom. The zero-order valence-electron chi connectivity index (χ0n) is 9.31. The number of carbonyl (C=O) groups excluding carboxylic acids is 1. The number of carbonyl (C=O) groups is 3. The van der Waals surface area contributed by atoms with Crippen LogP contribution in [0.4, 0.5) is 0 Å². The molecule has 4 N–H and O–H groups in total. The van der Waals surface area contributed by atoms with Crippen LogP contribution in [0.15, 0.2) is 0 Å². The highest BCUT2D eigenvalue weighted by Crippen LogP contribution is 2.08. The molecule has 0 aromatic carbocycles. The molecule has 0 radical (unpaired) electrons. The van der Waals surface area contributed by atoms with Crippen molar-refractivity contribution in [3.05, 3.63) is 0 Å². The third-order valence-electron chi connectivity index (χ3n) is 2.69. The smallest absolute Gasteiger partial charge is 0.326 e. The number of hydrogen-bond acceptors (Lipinski definition) is 4. The molecule has 1 aliphatic heterocycles. The molecule has 1 saturated heterocycles. The summed E-state index contributed by atoms with van der Waals surface area (Å²) in [6.07, 6.45) is 0.299. The SMILES string of the molecule is O=C(O)CCC(NC(=O)C1CCNC1)C(=O)O. The highest BCUT2D eigenvalue weighted by molar-refractivity contribution is 5.85. The first-order valence-electron chi connectivity index (χ1n) is 5.46. The molecule has 1 heterocycles. The van der Waals surface area contributed by atoms with Crippen LogP contribution in [0.2, 0.25) is 0 Å². The van der Waals surface area contributed by atoms with Crippen LogP contribution in [-0.2, 0) is 14.4 Å². The molecule has 1 aliphatic rings. The highest BCUT2D eigenvalue weighted by atomic mass is 16.4. The molecule has 2 atom stereocenters. The second-order valence-electron chi connectivity index (χ2n) is 4.02. The first-order chi connectivity index (χ1) is 8.00. The Morgan fingerprint density at radius 3 is 2.53 bits per heavy atom. The molecule has 0 spiro atoms. The van der Waals surface area contributed by atoms with Gasteiger partial charge >= 0.3 is 11.9 Å². The van der Waals surface area contributed by atoms with Crippen LogP contribution in [0, 0.1) is 5.92 Å². The summed E-state index contributed by atoms with van der Waals surface area (Å²) >= 11 is 0. The van der Waals surface area contributed by atoms with Gasteiger partial charge in [-0.05, 0) is 19.4 Å². The second kappa shape index (κ2) is 6.19. The fourth-order valence-electron chi connectivity index (χ4n) is 1.69. The van der Waals surface area contributed by atoms with E-state index in [-0.39, 0.29) is 24.7 Å². The van der Waals surface area contributed by atoms with Crippen molar-refractivity contribution in [2.45, 2.75) is 25.3 Å². The molecule has 1 rings (SSSR count). The van der Waals surface area contributed by atoms with E-state index in [9.17, 15) is 14.4 Å². The molecule has 7 nitrogen and oxygen atoms in total. The predicted octanol–water partition coefficient (Wildman–Crippen LogP) is -0.970. The van der Waals surface area contributed by atoms with E-state index in [4.69, 9.17) is 10.2 Å². The zero-order valence-corrected chi connectivity index (χ0v) is 9.31. The zero-order chi connectivity index (χ0) is 12.8. The van der Waals surface area contributed by atoms with Crippen molar-refractivity contribution in [2.75, 3.05) is 13.1 Å². The van der Waals surface area contributed by atoms with Crippen molar-refractivity contribution in [3.8, 4) is 0 Å². The quantitative estimate of drug-likeness (QED) is 0.478. The van der Waals surface area contributed by atoms with E-state index < -0.39 is 18.0 Å². The fraction of sp³-hybridized carbons (Fsp3) is 0.700. The number of aliphatic carboxylic acids is 2. The summed E-state index contributed by atoms with van der Waals surface area (Å²) in [7, 11) is 0. The van der Waals surface area contributed by atoms with Gasteiger partial charge in [0, 0.05) is 13.0 Å². The number of carboxylic acid groups (broad SMARTS) is 2. The average Bonchev–Trinajstić information content (AvgIpc) is 2.76. The summed E-state index contributed by atoms with van der Waals surface area (Å²) in [5.74, 6) is -2.83. The lowest BCUT2D eigenvalue weighted by molar-refractivity contribution is -0.143. The van der Waals surface area contributed by atoms with Gasteiger partial charge in [-0.25, -0.2) is 4.79 Å². The molecule has 0 saturated carbocycles. The number of nitrogens with one attached hydrogen (secondary N) is 2. The minimum Gasteiger partial charge on any atom is -0.481 e. The molecule has 0 aromatic rings. The van der Waals surface area contributed by atoms with Crippen molar-refractivity contribution in [3.63, 3.8) is 0 Å². The van der Waals surface area contributed by atoms with E-state index >= 15 is 0 Å². The van der Waals surface area contributed by atoms with Crippen LogP contribution >= 0.6 is 0 Å². The van der Waals surface area contributed by atoms with E-state index in [1.807, 2.05) is 0 Å². The van der Waals surface area contributed by atoms with Crippen LogP contribution in [0.25, 0.3) is 0 Å². The molecule has 0 aromatic heterocycles. The summed E-state index contributed by atoms with van der Waals surface area (Å²) in [5.41, 5.74) is 0. The fourth-order valence-corrected chi connectivity index (χ4v) is 1.69. The van der Waals surface area contributed by atoms with Crippen LogP contribution in [0.5, 0.6) is 0 Å². The summed E-state index contributed by atoms with van der Waals surface area (Å²) in [6.45, 7) is 1.28. The maximum atomic E-state index is 11.6. The Balaban J connectivity index is 2.44. The van der Waals surface area contributed by atoms with Gasteiger partial charge in [0.05, 0.1) is 5.92 Å². The van der Waals surface area contributed by atoms with Crippen molar-refractivity contribution < 1.29 is 24.6 Å². The molecule has 0 aliphatic carbocycles. The van der Waals surface area contributed by atoms with Gasteiger partial charge in [0.25, 0.3) is 0 Å². The number of hydrogen-bond donors (Lipinski definition) is 4. The standard InChI is InChI=1S/C10H16N2O5/c13-8(14)2-1-7(10(16)17)12-9(15)6-3-4-11-5-6/h6-7,11H,1-5H2,(H,12,15)(H,13,14)(H,16,17). The van der Waals surface area contributed by atoms with Gasteiger partial charge in [-0.1, -0.05) is 0 Å². The van der Waals surface area contributed by atoms with Crippen molar-refractivity contribution >= 4 is 17.8 Å². The Labute approximate surface area is 98.2 Å². The molecule has 2 unspecified atom stereocenters. The first-order valence-corrected chi connectivity index (χ1v) is 5.46. The number of carboxylic acids is 2. The molecular weight excluding hydrogens is 228 g/mol. The maximum Gasteiger partial charge on any atom is 0.326 e. The van der Waals surface area contributed by atoms with Crippen LogP contribution in [0.1, 0.15) is 19.3 Å². The summed E-state index contributed by atoms with van der Waals surface area (Å²) in [6, 6.07) is -1.13. The predicted molar refractivity (Wildman–Crippen MR) is 57.4 cm³/mol. The van der Waals surface area contributed by atoms with Crippen LogP contribution < -0.4 is 10.6 Å². The summed E-state index contributed by atoms with van der Waals surface area (Å²) in [4.78, 5) is 32.8. The van der Waals surface area contributed by atoms with Crippen molar-refractivity contribution in [2.24, 2.45) is 5.92 Å². The molecule has 1 fully saturated rings.